The highest BCUT2D eigenvalue weighted by Crippen LogP contribution is 2.35. The van der Waals surface area contributed by atoms with Crippen LogP contribution in [0.15, 0.2) is 54.6 Å². The summed E-state index contributed by atoms with van der Waals surface area (Å²) in [6, 6.07) is 18.1. The molecule has 150 valence electrons. The average molecular weight is 392 g/mol. The van der Waals surface area contributed by atoms with E-state index in [1.807, 2.05) is 36.4 Å². The van der Waals surface area contributed by atoms with Crippen LogP contribution >= 0.6 is 0 Å². The van der Waals surface area contributed by atoms with E-state index in [-0.39, 0.29) is 13.0 Å². The molecule has 1 aliphatic rings. The van der Waals surface area contributed by atoms with Crippen molar-refractivity contribution in [3.63, 3.8) is 0 Å². The highest BCUT2D eigenvalue weighted by molar-refractivity contribution is 5.97. The largest absolute Gasteiger partial charge is 0.493 e. The van der Waals surface area contributed by atoms with Gasteiger partial charge in [-0.15, -0.1) is 0 Å². The molecule has 29 heavy (non-hydrogen) atoms. The zero-order chi connectivity index (χ0) is 20.6. The van der Waals surface area contributed by atoms with Gasteiger partial charge in [-0.05, 0) is 18.1 Å². The summed E-state index contributed by atoms with van der Waals surface area (Å²) in [6.07, 6.45) is 1.13. The van der Waals surface area contributed by atoms with Crippen molar-refractivity contribution < 1.29 is 19.1 Å². The molecule has 0 radical (unpaired) electrons. The lowest BCUT2D eigenvalue weighted by Gasteiger charge is -2.25. The highest BCUT2D eigenvalue weighted by Gasteiger charge is 2.42. The molecule has 0 N–H and O–H groups in total. The van der Waals surface area contributed by atoms with Crippen LogP contribution < -0.4 is 4.74 Å². The Morgan fingerprint density at radius 2 is 1.97 bits per heavy atom. The lowest BCUT2D eigenvalue weighted by atomic mass is 9.93. The van der Waals surface area contributed by atoms with Gasteiger partial charge >= 0.3 is 6.09 Å². The number of imide groups is 1. The Bertz CT molecular complexity index is 891. The fraction of sp³-hybridized carbons (Fsp3) is 0.348. The summed E-state index contributed by atoms with van der Waals surface area (Å²) < 4.78 is 11.0. The van der Waals surface area contributed by atoms with Crippen LogP contribution in [-0.2, 0) is 9.53 Å². The fourth-order valence-electron chi connectivity index (χ4n) is 3.40. The summed E-state index contributed by atoms with van der Waals surface area (Å²) >= 11 is 0. The van der Waals surface area contributed by atoms with Crippen molar-refractivity contribution in [1.29, 1.82) is 5.26 Å². The molecular formula is C23H24N2O4. The molecule has 0 aliphatic carbocycles. The van der Waals surface area contributed by atoms with E-state index in [4.69, 9.17) is 9.47 Å². The third-order valence-electron chi connectivity index (χ3n) is 4.94. The molecule has 0 spiro atoms. The number of para-hydroxylation sites is 1. The first-order valence-electron chi connectivity index (χ1n) is 9.80. The second-order valence-electron chi connectivity index (χ2n) is 6.87. The Morgan fingerprint density at radius 1 is 1.24 bits per heavy atom. The van der Waals surface area contributed by atoms with Gasteiger partial charge in [-0.1, -0.05) is 61.9 Å². The molecular weight excluding hydrogens is 368 g/mol. The Morgan fingerprint density at radius 3 is 2.69 bits per heavy atom. The van der Waals surface area contributed by atoms with E-state index in [0.29, 0.717) is 17.9 Å². The predicted octanol–water partition coefficient (Wildman–Crippen LogP) is 4.58. The van der Waals surface area contributed by atoms with Crippen molar-refractivity contribution in [3.8, 4) is 11.8 Å². The number of nitrogens with zero attached hydrogens (tertiary/aromatic N) is 2. The first-order valence-corrected chi connectivity index (χ1v) is 9.80. The van der Waals surface area contributed by atoms with Crippen LogP contribution in [0.5, 0.6) is 5.75 Å². The van der Waals surface area contributed by atoms with Crippen LogP contribution in [-0.4, -0.2) is 30.1 Å². The van der Waals surface area contributed by atoms with Gasteiger partial charge < -0.3 is 9.47 Å². The molecule has 0 bridgehead atoms. The standard InChI is InChI=1S/C23H24N2O4/c1-2-3-15-28-21-12-8-7-11-18(21)19(13-14-24)22(26)25-20(16-29-23(25)27)17-9-5-4-6-10-17/h4-12,19-20H,2-3,13,15-16H2,1H3/t19-,20+/m1/s1. The zero-order valence-electron chi connectivity index (χ0n) is 16.4. The summed E-state index contributed by atoms with van der Waals surface area (Å²) in [5.74, 6) is -0.692. The molecule has 2 atom stereocenters. The molecule has 2 aromatic rings. The minimum absolute atomic E-state index is 0.0573. The van der Waals surface area contributed by atoms with Gasteiger partial charge in [0.1, 0.15) is 18.4 Å². The van der Waals surface area contributed by atoms with Gasteiger partial charge in [-0.25, -0.2) is 9.69 Å². The maximum atomic E-state index is 13.4. The molecule has 0 unspecified atom stereocenters. The number of ether oxygens (including phenoxy) is 2. The number of amides is 2. The van der Waals surface area contributed by atoms with Crippen molar-refractivity contribution in [2.75, 3.05) is 13.2 Å². The molecule has 1 aliphatic heterocycles. The predicted molar refractivity (Wildman–Crippen MR) is 107 cm³/mol. The third-order valence-corrected chi connectivity index (χ3v) is 4.94. The summed E-state index contributed by atoms with van der Waals surface area (Å²) in [5.41, 5.74) is 1.43. The SMILES string of the molecule is CCCCOc1ccccc1[C@@H](CC#N)C(=O)N1C(=O)OC[C@H]1c1ccccc1. The Hall–Kier alpha value is -3.33. The van der Waals surface area contributed by atoms with Crippen molar-refractivity contribution in [2.45, 2.75) is 38.1 Å². The average Bonchev–Trinajstić information content (AvgIpc) is 3.14. The van der Waals surface area contributed by atoms with Crippen LogP contribution in [0.3, 0.4) is 0 Å². The van der Waals surface area contributed by atoms with Crippen LogP contribution in [0, 0.1) is 11.3 Å². The second kappa shape index (κ2) is 9.74. The van der Waals surface area contributed by atoms with Gasteiger partial charge in [0.15, 0.2) is 0 Å². The van der Waals surface area contributed by atoms with Crippen LogP contribution in [0.2, 0.25) is 0 Å². The Kier molecular flexibility index (Phi) is 6.85. The van der Waals surface area contributed by atoms with E-state index in [1.165, 1.54) is 0 Å². The normalized spacial score (nSPS) is 16.8. The van der Waals surface area contributed by atoms with Crippen molar-refractivity contribution >= 4 is 12.0 Å². The van der Waals surface area contributed by atoms with Crippen LogP contribution in [0.4, 0.5) is 4.79 Å². The van der Waals surface area contributed by atoms with Gasteiger partial charge in [0.25, 0.3) is 0 Å². The Labute approximate surface area is 170 Å². The third kappa shape index (κ3) is 4.57. The van der Waals surface area contributed by atoms with Gasteiger partial charge in [-0.2, -0.15) is 5.26 Å². The summed E-state index contributed by atoms with van der Waals surface area (Å²) in [6.45, 7) is 2.70. The number of benzene rings is 2. The number of hydrogen-bond donors (Lipinski definition) is 0. The van der Waals surface area contributed by atoms with E-state index in [2.05, 4.69) is 13.0 Å². The maximum Gasteiger partial charge on any atom is 0.417 e. The number of rotatable bonds is 8. The summed E-state index contributed by atoms with van der Waals surface area (Å²) in [5, 5.41) is 9.37. The topological polar surface area (TPSA) is 79.6 Å². The van der Waals surface area contributed by atoms with Crippen LogP contribution in [0.25, 0.3) is 0 Å². The number of carbonyl (C=O) groups is 2. The van der Waals surface area contributed by atoms with Crippen molar-refractivity contribution in [2.24, 2.45) is 0 Å². The summed E-state index contributed by atoms with van der Waals surface area (Å²) in [7, 11) is 0. The number of unbranched alkanes of at least 4 members (excludes halogenated alkanes) is 1. The molecule has 1 heterocycles. The summed E-state index contributed by atoms with van der Waals surface area (Å²) in [4.78, 5) is 27.0. The van der Waals surface area contributed by atoms with Gasteiger partial charge in [0, 0.05) is 5.56 Å². The number of carbonyl (C=O) groups excluding carboxylic acids is 2. The molecule has 6 heteroatoms. The van der Waals surface area contributed by atoms with Crippen molar-refractivity contribution in [1.82, 2.24) is 4.90 Å². The molecule has 3 rings (SSSR count). The maximum absolute atomic E-state index is 13.4. The number of nitriles is 1. The first kappa shape index (κ1) is 20.4. The van der Waals surface area contributed by atoms with Crippen LogP contribution in [0.1, 0.15) is 49.3 Å². The molecule has 2 aromatic carbocycles. The molecule has 1 saturated heterocycles. The zero-order valence-corrected chi connectivity index (χ0v) is 16.4. The molecule has 2 amide bonds. The first-order chi connectivity index (χ1) is 14.2. The number of hydrogen-bond acceptors (Lipinski definition) is 5. The fourth-order valence-corrected chi connectivity index (χ4v) is 3.40. The highest BCUT2D eigenvalue weighted by atomic mass is 16.6. The van der Waals surface area contributed by atoms with Gasteiger partial charge in [0.2, 0.25) is 5.91 Å². The lowest BCUT2D eigenvalue weighted by Crippen LogP contribution is -2.38. The number of cyclic esters (lactones) is 1. The molecule has 0 aromatic heterocycles. The second-order valence-corrected chi connectivity index (χ2v) is 6.87. The van der Waals surface area contributed by atoms with Gasteiger partial charge in [0.05, 0.1) is 25.0 Å². The monoisotopic (exact) mass is 392 g/mol. The molecule has 1 fully saturated rings. The minimum atomic E-state index is -0.810. The quantitative estimate of drug-likeness (QED) is 0.614. The smallest absolute Gasteiger partial charge is 0.417 e. The lowest BCUT2D eigenvalue weighted by molar-refractivity contribution is -0.130. The van der Waals surface area contributed by atoms with E-state index in [0.717, 1.165) is 23.3 Å². The van der Waals surface area contributed by atoms with E-state index in [1.54, 1.807) is 18.2 Å². The molecule has 6 nitrogen and oxygen atoms in total. The minimum Gasteiger partial charge on any atom is -0.493 e. The van der Waals surface area contributed by atoms with E-state index < -0.39 is 24.0 Å². The Balaban J connectivity index is 1.92. The molecule has 0 saturated carbocycles. The van der Waals surface area contributed by atoms with Gasteiger partial charge in [-0.3, -0.25) is 4.79 Å². The van der Waals surface area contributed by atoms with Crippen molar-refractivity contribution in [3.05, 3.63) is 65.7 Å². The van der Waals surface area contributed by atoms with E-state index >= 15 is 0 Å². The van der Waals surface area contributed by atoms with E-state index in [9.17, 15) is 14.9 Å².